The molecular weight excluding hydrogens is 1660 g/mol. The number of halogens is 4. The lowest BCUT2D eigenvalue weighted by Gasteiger charge is -2.34. The molecule has 556 valence electrons. The predicted molar refractivity (Wildman–Crippen MR) is 504 cm³/mol. The fourth-order valence-corrected chi connectivity index (χ4v) is 19.0. The number of nitrogens with zero attached hydrogens (tertiary/aromatic N) is 4. The van der Waals surface area contributed by atoms with Crippen molar-refractivity contribution in [1.29, 1.82) is 0 Å². The van der Waals surface area contributed by atoms with Gasteiger partial charge >= 0.3 is 0 Å². The molecule has 0 heterocycles. The molecular formula is C106H79Br4N5. The number of para-hydroxylation sites is 10. The van der Waals surface area contributed by atoms with Gasteiger partial charge in [-0.2, -0.15) is 0 Å². The minimum Gasteiger partial charge on any atom is -0.356 e. The van der Waals surface area contributed by atoms with E-state index in [1.165, 1.54) is 66.1 Å². The molecule has 18 aromatic carbocycles. The first-order valence-corrected chi connectivity index (χ1v) is 42.0. The van der Waals surface area contributed by atoms with Gasteiger partial charge in [-0.3, -0.25) is 0 Å². The molecule has 5 nitrogen and oxygen atoms in total. The Labute approximate surface area is 706 Å². The second-order valence-electron chi connectivity index (χ2n) is 30.2. The normalized spacial score (nSPS) is 12.5. The van der Waals surface area contributed by atoms with E-state index in [1.54, 1.807) is 0 Å². The monoisotopic (exact) mass is 1740 g/mol. The smallest absolute Gasteiger partial charge is 0.0620 e. The zero-order chi connectivity index (χ0) is 78.3. The van der Waals surface area contributed by atoms with Crippen LogP contribution in [0.25, 0.3) is 65.3 Å². The van der Waals surface area contributed by atoms with Crippen molar-refractivity contribution in [3.8, 4) is 22.3 Å². The summed E-state index contributed by atoms with van der Waals surface area (Å²) in [6, 6.07) is 144. The van der Waals surface area contributed by atoms with E-state index in [0.717, 1.165) is 119 Å². The highest BCUT2D eigenvalue weighted by Crippen LogP contribution is 2.59. The van der Waals surface area contributed by atoms with Gasteiger partial charge in [0.15, 0.2) is 0 Å². The third-order valence-corrected chi connectivity index (χ3v) is 25.1. The van der Waals surface area contributed by atoms with E-state index in [0.29, 0.717) is 0 Å². The van der Waals surface area contributed by atoms with Crippen LogP contribution in [-0.2, 0) is 10.8 Å². The molecule has 0 bridgehead atoms. The zero-order valence-electron chi connectivity index (χ0n) is 63.9. The first-order valence-electron chi connectivity index (χ1n) is 38.8. The maximum Gasteiger partial charge on any atom is 0.0620 e. The summed E-state index contributed by atoms with van der Waals surface area (Å²) in [4.78, 5) is 9.71. The Kier molecular flexibility index (Phi) is 20.5. The molecule has 115 heavy (non-hydrogen) atoms. The fraction of sp³-hybridized carbons (Fsp3) is 0.0566. The van der Waals surface area contributed by atoms with E-state index < -0.39 is 0 Å². The number of nitrogens with one attached hydrogen (secondary N) is 1. The van der Waals surface area contributed by atoms with Gasteiger partial charge in [-0.25, -0.2) is 0 Å². The minimum atomic E-state index is -0.362. The highest BCUT2D eigenvalue weighted by atomic mass is 79.9. The van der Waals surface area contributed by atoms with Gasteiger partial charge < -0.3 is 24.9 Å². The fourth-order valence-electron chi connectivity index (χ4n) is 17.0. The topological polar surface area (TPSA) is 25.0 Å². The van der Waals surface area contributed by atoms with Gasteiger partial charge in [-0.05, 0) is 292 Å². The van der Waals surface area contributed by atoms with Crippen molar-refractivity contribution in [2.24, 2.45) is 0 Å². The van der Waals surface area contributed by atoms with Crippen molar-refractivity contribution < 1.29 is 0 Å². The highest BCUT2D eigenvalue weighted by molar-refractivity contribution is 9.11. The second kappa shape index (κ2) is 31.7. The number of benzene rings is 18. The van der Waals surface area contributed by atoms with Crippen LogP contribution in [0.15, 0.2) is 418 Å². The Hall–Kier alpha value is -12.1. The quantitative estimate of drug-likeness (QED) is 0.0864. The molecule has 20 rings (SSSR count). The van der Waals surface area contributed by atoms with E-state index in [4.69, 9.17) is 0 Å². The van der Waals surface area contributed by atoms with Crippen LogP contribution in [0.1, 0.15) is 49.9 Å². The molecule has 0 amide bonds. The van der Waals surface area contributed by atoms with E-state index in [9.17, 15) is 0 Å². The molecule has 0 atom stereocenters. The molecule has 0 aromatic heterocycles. The summed E-state index contributed by atoms with van der Waals surface area (Å²) < 4.78 is 4.51. The molecule has 2 aliphatic rings. The van der Waals surface area contributed by atoms with Gasteiger partial charge in [-0.15, -0.1) is 0 Å². The Bertz CT molecular complexity index is 6390. The molecule has 0 fully saturated rings. The standard InChI is InChI=1S/C71H54N4.C23H14Br4.C12H11N/c1-71(2)67-48-60(73(53-31-15-5-16-32-53)54-33-17-6-18-34-54)43-45-61(67)63-49-65-66(50-68(63)71)69(74(55-35-19-7-20-36-55)56-37-21-8-22-38-56)62-46-44-59(72(51-27-11-3-12-28-51)52-29-13-4-14-30-52)47-64(62)70(65)75(57-39-23-9-24-40-57)58-41-25-10-26-42-58;1-23(2)19-8-12(25)3-5-13(19)15-9-17-18(10-20(15)23)21(26)14-6-4-11(24)7-16(14)22(17)27;1-3-7-11(8-4-1)13-12-9-5-2-6-10-12/h3-50H,1-2H3;3-10H,1-2H3;1-10,13H. The number of anilines is 14. The van der Waals surface area contributed by atoms with Gasteiger partial charge in [0, 0.05) is 119 Å². The average Bonchev–Trinajstić information content (AvgIpc) is 1.68. The lowest BCUT2D eigenvalue weighted by molar-refractivity contribution is 0.660. The molecule has 0 spiro atoms. The maximum atomic E-state index is 3.89. The first-order chi connectivity index (χ1) is 56.2. The van der Waals surface area contributed by atoms with E-state index in [2.05, 4.69) is 456 Å². The van der Waals surface area contributed by atoms with E-state index >= 15 is 0 Å². The zero-order valence-corrected chi connectivity index (χ0v) is 70.2. The van der Waals surface area contributed by atoms with Crippen LogP contribution in [-0.4, -0.2) is 0 Å². The average molecular weight is 1740 g/mol. The Morgan fingerprint density at radius 3 is 0.896 bits per heavy atom. The molecule has 9 heteroatoms. The third kappa shape index (κ3) is 14.2. The largest absolute Gasteiger partial charge is 0.356 e. The summed E-state index contributed by atoms with van der Waals surface area (Å²) >= 11 is 15.0. The van der Waals surface area contributed by atoms with E-state index in [-0.39, 0.29) is 10.8 Å². The summed E-state index contributed by atoms with van der Waals surface area (Å²) in [6.07, 6.45) is 0. The number of hydrogen-bond acceptors (Lipinski definition) is 5. The predicted octanol–water partition coefficient (Wildman–Crippen LogP) is 33.0. The van der Waals surface area contributed by atoms with Crippen LogP contribution >= 0.6 is 63.7 Å². The van der Waals surface area contributed by atoms with Crippen LogP contribution in [0, 0.1) is 0 Å². The Balaban J connectivity index is 0.000000185. The van der Waals surface area contributed by atoms with Gasteiger partial charge in [0.05, 0.1) is 11.4 Å². The van der Waals surface area contributed by atoms with E-state index in [1.807, 2.05) is 60.7 Å². The molecule has 0 unspecified atom stereocenters. The Morgan fingerprint density at radius 1 is 0.200 bits per heavy atom. The molecule has 0 radical (unpaired) electrons. The summed E-state index contributed by atoms with van der Waals surface area (Å²) in [5.74, 6) is 0. The summed E-state index contributed by atoms with van der Waals surface area (Å²) in [5.41, 5.74) is 25.5. The van der Waals surface area contributed by atoms with Gasteiger partial charge in [0.1, 0.15) is 0 Å². The number of fused-ring (bicyclic) bond motifs is 10. The first kappa shape index (κ1) is 74.3. The van der Waals surface area contributed by atoms with Crippen LogP contribution < -0.4 is 24.9 Å². The van der Waals surface area contributed by atoms with Crippen LogP contribution in [0.5, 0.6) is 0 Å². The molecule has 1 N–H and O–H groups in total. The van der Waals surface area contributed by atoms with Crippen molar-refractivity contribution in [3.63, 3.8) is 0 Å². The van der Waals surface area contributed by atoms with Crippen molar-refractivity contribution in [2.45, 2.75) is 38.5 Å². The summed E-state index contributed by atoms with van der Waals surface area (Å²) in [7, 11) is 0. The maximum absolute atomic E-state index is 3.89. The van der Waals surface area contributed by atoms with Crippen LogP contribution in [0.2, 0.25) is 0 Å². The third-order valence-electron chi connectivity index (χ3n) is 22.4. The van der Waals surface area contributed by atoms with Crippen molar-refractivity contribution in [3.05, 3.63) is 441 Å². The van der Waals surface area contributed by atoms with Gasteiger partial charge in [0.2, 0.25) is 0 Å². The number of hydrogen-bond donors (Lipinski definition) is 1. The second-order valence-corrected chi connectivity index (χ2v) is 33.6. The molecule has 0 saturated heterocycles. The minimum absolute atomic E-state index is 0.0246. The summed E-state index contributed by atoms with van der Waals surface area (Å²) in [5, 5.41) is 12.8. The highest BCUT2D eigenvalue weighted by Gasteiger charge is 2.40. The SMILES string of the molecule is CC1(C)c2cc(Br)ccc2-c2cc3c(Br)c4cc(Br)ccc4c(Br)c3cc21.CC1(C)c2cc(N(c3ccccc3)c3ccccc3)ccc2-c2cc3c(N(c4ccccc4)c4ccccc4)c4cc(N(c5ccccc5)c5ccccc5)ccc4c(N(c4ccccc4)c4ccccc4)c3cc21.c1ccc(Nc2ccccc2)cc1. The molecule has 18 aromatic rings. The van der Waals surface area contributed by atoms with Crippen molar-refractivity contribution in [1.82, 2.24) is 0 Å². The number of rotatable bonds is 14. The van der Waals surface area contributed by atoms with Crippen LogP contribution in [0.4, 0.5) is 79.6 Å². The molecule has 0 saturated carbocycles. The van der Waals surface area contributed by atoms with Gasteiger partial charge in [-0.1, -0.05) is 266 Å². The lowest BCUT2D eigenvalue weighted by Crippen LogP contribution is -2.17. The van der Waals surface area contributed by atoms with Crippen LogP contribution in [0.3, 0.4) is 0 Å². The Morgan fingerprint density at radius 2 is 0.470 bits per heavy atom. The molecule has 0 aliphatic heterocycles. The van der Waals surface area contributed by atoms with Crippen molar-refractivity contribution in [2.75, 3.05) is 24.9 Å². The molecule has 2 aliphatic carbocycles. The van der Waals surface area contributed by atoms with Crippen molar-refractivity contribution >= 4 is 186 Å². The lowest BCUT2D eigenvalue weighted by atomic mass is 9.81. The van der Waals surface area contributed by atoms with Gasteiger partial charge in [0.25, 0.3) is 0 Å². The summed E-state index contributed by atoms with van der Waals surface area (Å²) in [6.45, 7) is 9.45.